The van der Waals surface area contributed by atoms with Crippen molar-refractivity contribution in [3.05, 3.63) is 65.3 Å². The van der Waals surface area contributed by atoms with Crippen LogP contribution in [0.25, 0.3) is 0 Å². The van der Waals surface area contributed by atoms with Crippen molar-refractivity contribution in [2.24, 2.45) is 7.05 Å². The van der Waals surface area contributed by atoms with E-state index in [1.807, 2.05) is 0 Å². The standard InChI is InChI=1S/C17H16ClN5O3/c1-23-10-14(21-17(25)20-12-5-2-4-11(18)8-12)15(22-23)16(24)19-9-13-6-3-7-26-13/h2-8,10H,9H2,1H3,(H,19,24)(H2,20,21,25). The zero-order valence-corrected chi connectivity index (χ0v) is 14.6. The van der Waals surface area contributed by atoms with Gasteiger partial charge < -0.3 is 20.4 Å². The van der Waals surface area contributed by atoms with Crippen molar-refractivity contribution in [1.82, 2.24) is 15.1 Å². The molecule has 0 aliphatic carbocycles. The first-order chi connectivity index (χ1) is 12.5. The lowest BCUT2D eigenvalue weighted by Gasteiger charge is -2.08. The summed E-state index contributed by atoms with van der Waals surface area (Å²) in [5, 5.41) is 12.5. The van der Waals surface area contributed by atoms with Gasteiger partial charge in [-0.15, -0.1) is 0 Å². The van der Waals surface area contributed by atoms with Gasteiger partial charge in [-0.1, -0.05) is 17.7 Å². The first-order valence-corrected chi connectivity index (χ1v) is 8.07. The molecule has 2 heterocycles. The van der Waals surface area contributed by atoms with Gasteiger partial charge in [-0.05, 0) is 30.3 Å². The Balaban J connectivity index is 1.66. The van der Waals surface area contributed by atoms with Crippen molar-refractivity contribution in [2.75, 3.05) is 10.6 Å². The molecule has 9 heteroatoms. The molecule has 8 nitrogen and oxygen atoms in total. The first kappa shape index (κ1) is 17.6. The number of nitrogens with one attached hydrogen (secondary N) is 3. The summed E-state index contributed by atoms with van der Waals surface area (Å²) in [7, 11) is 1.66. The third-order valence-electron chi connectivity index (χ3n) is 3.38. The van der Waals surface area contributed by atoms with Crippen molar-refractivity contribution < 1.29 is 14.0 Å². The fourth-order valence-electron chi connectivity index (χ4n) is 2.26. The van der Waals surface area contributed by atoms with E-state index in [0.29, 0.717) is 16.5 Å². The van der Waals surface area contributed by atoms with E-state index in [9.17, 15) is 9.59 Å². The summed E-state index contributed by atoms with van der Waals surface area (Å²) in [4.78, 5) is 24.5. The average molecular weight is 374 g/mol. The molecule has 26 heavy (non-hydrogen) atoms. The minimum absolute atomic E-state index is 0.0975. The topological polar surface area (TPSA) is 101 Å². The first-order valence-electron chi connectivity index (χ1n) is 7.69. The number of carbonyl (C=O) groups is 2. The summed E-state index contributed by atoms with van der Waals surface area (Å²) in [5.41, 5.74) is 0.909. The van der Waals surface area contributed by atoms with E-state index in [0.717, 1.165) is 0 Å². The van der Waals surface area contributed by atoms with Crippen LogP contribution in [-0.2, 0) is 13.6 Å². The summed E-state index contributed by atoms with van der Waals surface area (Å²) in [6, 6.07) is 9.70. The van der Waals surface area contributed by atoms with Crippen molar-refractivity contribution >= 4 is 34.9 Å². The minimum atomic E-state index is -0.514. The molecule has 0 bridgehead atoms. The lowest BCUT2D eigenvalue weighted by molar-refractivity contribution is 0.0943. The van der Waals surface area contributed by atoms with Gasteiger partial charge in [0, 0.05) is 24.0 Å². The second-order valence-corrected chi connectivity index (χ2v) is 5.85. The number of rotatable bonds is 5. The molecule has 3 amide bonds. The number of nitrogens with zero attached hydrogens (tertiary/aromatic N) is 2. The number of hydrogen-bond donors (Lipinski definition) is 3. The zero-order valence-electron chi connectivity index (χ0n) is 13.8. The normalized spacial score (nSPS) is 10.4. The highest BCUT2D eigenvalue weighted by atomic mass is 35.5. The Hall–Kier alpha value is -3.26. The molecule has 134 valence electrons. The van der Waals surface area contributed by atoms with Crippen LogP contribution in [0.1, 0.15) is 16.2 Å². The molecule has 0 fully saturated rings. The highest BCUT2D eigenvalue weighted by Gasteiger charge is 2.18. The number of amides is 3. The van der Waals surface area contributed by atoms with Gasteiger partial charge in [0.1, 0.15) is 5.76 Å². The van der Waals surface area contributed by atoms with Gasteiger partial charge in [-0.25, -0.2) is 4.79 Å². The molecule has 0 aliphatic rings. The Bertz CT molecular complexity index is 920. The molecule has 3 N–H and O–H groups in total. The van der Waals surface area contributed by atoms with E-state index in [4.69, 9.17) is 16.0 Å². The molecule has 0 saturated carbocycles. The number of halogens is 1. The third-order valence-corrected chi connectivity index (χ3v) is 3.61. The van der Waals surface area contributed by atoms with Crippen LogP contribution in [0.15, 0.2) is 53.3 Å². The molecule has 0 unspecified atom stereocenters. The summed E-state index contributed by atoms with van der Waals surface area (Å²) >= 11 is 5.89. The van der Waals surface area contributed by atoms with Gasteiger partial charge in [0.15, 0.2) is 5.69 Å². The highest BCUT2D eigenvalue weighted by Crippen LogP contribution is 2.17. The van der Waals surface area contributed by atoms with Crippen LogP contribution in [0.4, 0.5) is 16.2 Å². The fourth-order valence-corrected chi connectivity index (χ4v) is 2.45. The van der Waals surface area contributed by atoms with Crippen LogP contribution in [0.2, 0.25) is 5.02 Å². The monoisotopic (exact) mass is 373 g/mol. The van der Waals surface area contributed by atoms with Crippen LogP contribution < -0.4 is 16.0 Å². The highest BCUT2D eigenvalue weighted by molar-refractivity contribution is 6.30. The van der Waals surface area contributed by atoms with Crippen molar-refractivity contribution in [3.63, 3.8) is 0 Å². The fraction of sp³-hybridized carbons (Fsp3) is 0.118. The Morgan fingerprint density at radius 1 is 1.23 bits per heavy atom. The molecule has 0 radical (unpaired) electrons. The number of hydrogen-bond acceptors (Lipinski definition) is 4. The third kappa shape index (κ3) is 4.42. The molecule has 1 aromatic carbocycles. The van der Waals surface area contributed by atoms with E-state index < -0.39 is 11.9 Å². The van der Waals surface area contributed by atoms with Gasteiger partial charge in [-0.3, -0.25) is 9.48 Å². The molecule has 0 spiro atoms. The predicted octanol–water partition coefficient (Wildman–Crippen LogP) is 3.24. The summed E-state index contributed by atoms with van der Waals surface area (Å²) < 4.78 is 6.61. The van der Waals surface area contributed by atoms with Gasteiger partial charge in [0.25, 0.3) is 5.91 Å². The van der Waals surface area contributed by atoms with Crippen LogP contribution in [0.3, 0.4) is 0 Å². The van der Waals surface area contributed by atoms with E-state index in [1.54, 1.807) is 49.6 Å². The number of urea groups is 1. The van der Waals surface area contributed by atoms with Crippen LogP contribution in [-0.4, -0.2) is 21.7 Å². The molecule has 2 aromatic heterocycles. The number of aromatic nitrogens is 2. The second-order valence-electron chi connectivity index (χ2n) is 5.42. The summed E-state index contributed by atoms with van der Waals surface area (Å²) in [5.74, 6) is 0.183. The molecule has 0 saturated heterocycles. The molecule has 3 rings (SSSR count). The van der Waals surface area contributed by atoms with E-state index in [2.05, 4.69) is 21.0 Å². The Morgan fingerprint density at radius 3 is 2.81 bits per heavy atom. The van der Waals surface area contributed by atoms with Crippen molar-refractivity contribution in [2.45, 2.75) is 6.54 Å². The quantitative estimate of drug-likeness (QED) is 0.639. The predicted molar refractivity (Wildman–Crippen MR) is 97.2 cm³/mol. The summed E-state index contributed by atoms with van der Waals surface area (Å²) in [6.07, 6.45) is 3.06. The number of benzene rings is 1. The van der Waals surface area contributed by atoms with Crippen LogP contribution in [0, 0.1) is 0 Å². The van der Waals surface area contributed by atoms with E-state index >= 15 is 0 Å². The van der Waals surface area contributed by atoms with E-state index in [-0.39, 0.29) is 17.9 Å². The number of anilines is 2. The maximum atomic E-state index is 12.3. The average Bonchev–Trinajstić information content (AvgIpc) is 3.22. The Labute approximate surface area is 154 Å². The van der Waals surface area contributed by atoms with Crippen LogP contribution >= 0.6 is 11.6 Å². The zero-order chi connectivity index (χ0) is 18.5. The Kier molecular flexibility index (Phi) is 5.23. The number of furan rings is 1. The summed E-state index contributed by atoms with van der Waals surface area (Å²) in [6.45, 7) is 0.219. The smallest absolute Gasteiger partial charge is 0.323 e. The van der Waals surface area contributed by atoms with Crippen molar-refractivity contribution in [1.29, 1.82) is 0 Å². The largest absolute Gasteiger partial charge is 0.467 e. The lowest BCUT2D eigenvalue weighted by atomic mass is 10.3. The molecule has 3 aromatic rings. The number of carbonyl (C=O) groups excluding carboxylic acids is 2. The van der Waals surface area contributed by atoms with E-state index in [1.165, 1.54) is 10.9 Å². The van der Waals surface area contributed by atoms with Gasteiger partial charge >= 0.3 is 6.03 Å². The molecular weight excluding hydrogens is 358 g/mol. The molecule has 0 aliphatic heterocycles. The number of aryl methyl sites for hydroxylation is 1. The molecular formula is C17H16ClN5O3. The van der Waals surface area contributed by atoms with Crippen LogP contribution in [0.5, 0.6) is 0 Å². The van der Waals surface area contributed by atoms with Gasteiger partial charge in [0.05, 0.1) is 18.5 Å². The SMILES string of the molecule is Cn1cc(NC(=O)Nc2cccc(Cl)c2)c(C(=O)NCc2ccco2)n1. The van der Waals surface area contributed by atoms with Crippen molar-refractivity contribution in [3.8, 4) is 0 Å². The second kappa shape index (κ2) is 7.75. The Morgan fingerprint density at radius 2 is 2.08 bits per heavy atom. The van der Waals surface area contributed by atoms with Gasteiger partial charge in [-0.2, -0.15) is 5.10 Å². The molecule has 0 atom stereocenters. The maximum Gasteiger partial charge on any atom is 0.323 e. The minimum Gasteiger partial charge on any atom is -0.467 e. The van der Waals surface area contributed by atoms with Gasteiger partial charge in [0.2, 0.25) is 0 Å². The maximum absolute atomic E-state index is 12.3. The lowest BCUT2D eigenvalue weighted by Crippen LogP contribution is -2.26.